The second-order valence-corrected chi connectivity index (χ2v) is 8.60. The Bertz CT molecular complexity index is 640. The number of aldehydes is 1. The predicted molar refractivity (Wildman–Crippen MR) is 115 cm³/mol. The fourth-order valence-corrected chi connectivity index (χ4v) is 4.71. The molecule has 0 spiro atoms. The molecule has 2 fully saturated rings. The van der Waals surface area contributed by atoms with Crippen LogP contribution in [0.4, 0.5) is 0 Å². The van der Waals surface area contributed by atoms with Gasteiger partial charge >= 0.3 is 5.97 Å². The van der Waals surface area contributed by atoms with Gasteiger partial charge in [0.25, 0.3) is 0 Å². The monoisotopic (exact) mass is 416 g/mol. The molecule has 0 N–H and O–H groups in total. The highest BCUT2D eigenvalue weighted by Gasteiger charge is 2.46. The minimum absolute atomic E-state index is 0.00498. The molecule has 5 heteroatoms. The van der Waals surface area contributed by atoms with Crippen molar-refractivity contribution in [1.82, 2.24) is 0 Å². The van der Waals surface area contributed by atoms with Gasteiger partial charge in [-0.05, 0) is 37.8 Å². The Morgan fingerprint density at radius 3 is 2.60 bits per heavy atom. The van der Waals surface area contributed by atoms with Gasteiger partial charge in [0, 0.05) is 24.9 Å². The number of ether oxygens (including phenoxy) is 3. The zero-order valence-electron chi connectivity index (χ0n) is 18.2. The lowest BCUT2D eigenvalue weighted by molar-refractivity contribution is -0.195. The topological polar surface area (TPSA) is 61.8 Å². The van der Waals surface area contributed by atoms with Crippen molar-refractivity contribution in [3.05, 3.63) is 35.9 Å². The molecular weight excluding hydrogens is 380 g/mol. The van der Waals surface area contributed by atoms with Gasteiger partial charge in [0.1, 0.15) is 12.4 Å². The summed E-state index contributed by atoms with van der Waals surface area (Å²) < 4.78 is 17.9. The highest BCUT2D eigenvalue weighted by Crippen LogP contribution is 2.40. The summed E-state index contributed by atoms with van der Waals surface area (Å²) in [6, 6.07) is 9.06. The zero-order valence-corrected chi connectivity index (χ0v) is 18.2. The Labute approximate surface area is 180 Å². The van der Waals surface area contributed by atoms with E-state index in [4.69, 9.17) is 14.2 Å². The first-order chi connectivity index (χ1) is 14.7. The molecule has 1 aliphatic heterocycles. The first-order valence-corrected chi connectivity index (χ1v) is 11.7. The summed E-state index contributed by atoms with van der Waals surface area (Å²) in [4.78, 5) is 24.7. The third-order valence-electron chi connectivity index (χ3n) is 6.40. The second-order valence-electron chi connectivity index (χ2n) is 8.60. The smallest absolute Gasteiger partial charge is 0.338 e. The third-order valence-corrected chi connectivity index (χ3v) is 6.40. The van der Waals surface area contributed by atoms with Gasteiger partial charge in [0.2, 0.25) is 0 Å². The fourth-order valence-electron chi connectivity index (χ4n) is 4.71. The molecular formula is C25H36O5. The van der Waals surface area contributed by atoms with Crippen LogP contribution in [0.1, 0.15) is 81.5 Å². The van der Waals surface area contributed by atoms with Crippen molar-refractivity contribution in [1.29, 1.82) is 0 Å². The molecule has 5 nitrogen and oxygen atoms in total. The molecule has 0 aromatic heterocycles. The highest BCUT2D eigenvalue weighted by molar-refractivity contribution is 5.89. The van der Waals surface area contributed by atoms with E-state index in [0.717, 1.165) is 44.8 Å². The van der Waals surface area contributed by atoms with Gasteiger partial charge in [-0.2, -0.15) is 0 Å². The van der Waals surface area contributed by atoms with Gasteiger partial charge < -0.3 is 19.0 Å². The van der Waals surface area contributed by atoms with Crippen molar-refractivity contribution in [2.45, 2.75) is 89.6 Å². The number of unbranched alkanes of at least 4 members (excludes halogenated alkanes) is 4. The lowest BCUT2D eigenvalue weighted by Gasteiger charge is -2.28. The maximum atomic E-state index is 12.7. The van der Waals surface area contributed by atoms with Gasteiger partial charge in [0.15, 0.2) is 6.29 Å². The second kappa shape index (κ2) is 12.2. The third kappa shape index (κ3) is 6.39. The SMILES string of the molecule is CCCCCCC[C@@H]1[C@H](C=O)[C@H](OC2CCCCO2)C[C@@H]1OC(=O)c1ccccc1. The first-order valence-electron chi connectivity index (χ1n) is 11.7. The Morgan fingerprint density at radius 1 is 1.10 bits per heavy atom. The lowest BCUT2D eigenvalue weighted by Crippen LogP contribution is -2.32. The van der Waals surface area contributed by atoms with Crippen LogP contribution < -0.4 is 0 Å². The summed E-state index contributed by atoms with van der Waals surface area (Å²) in [6.07, 6.45) is 10.5. The molecule has 1 aromatic carbocycles. The van der Waals surface area contributed by atoms with Crippen LogP contribution in [-0.2, 0) is 19.0 Å². The molecule has 1 saturated carbocycles. The quantitative estimate of drug-likeness (QED) is 0.278. The van der Waals surface area contributed by atoms with E-state index >= 15 is 0 Å². The molecule has 166 valence electrons. The van der Waals surface area contributed by atoms with E-state index in [1.165, 1.54) is 19.3 Å². The number of rotatable bonds is 11. The van der Waals surface area contributed by atoms with E-state index in [2.05, 4.69) is 6.92 Å². The van der Waals surface area contributed by atoms with Crippen molar-refractivity contribution in [3.63, 3.8) is 0 Å². The van der Waals surface area contributed by atoms with Gasteiger partial charge in [0.05, 0.1) is 11.7 Å². The van der Waals surface area contributed by atoms with Crippen molar-refractivity contribution in [2.75, 3.05) is 6.61 Å². The minimum Gasteiger partial charge on any atom is -0.458 e. The van der Waals surface area contributed by atoms with E-state index in [-0.39, 0.29) is 36.3 Å². The number of esters is 1. The van der Waals surface area contributed by atoms with Crippen LogP contribution in [0.3, 0.4) is 0 Å². The Balaban J connectivity index is 1.65. The normalized spacial score (nSPS) is 28.9. The molecule has 1 aromatic rings. The summed E-state index contributed by atoms with van der Waals surface area (Å²) in [5, 5.41) is 0. The molecule has 30 heavy (non-hydrogen) atoms. The van der Waals surface area contributed by atoms with Crippen LogP contribution in [0.5, 0.6) is 0 Å². The summed E-state index contributed by atoms with van der Waals surface area (Å²) in [5.74, 6) is -0.573. The van der Waals surface area contributed by atoms with Crippen molar-refractivity contribution in [2.24, 2.45) is 11.8 Å². The number of benzene rings is 1. The number of hydrogen-bond donors (Lipinski definition) is 0. The Morgan fingerprint density at radius 2 is 1.90 bits per heavy atom. The average molecular weight is 417 g/mol. The van der Waals surface area contributed by atoms with E-state index in [1.54, 1.807) is 12.1 Å². The molecule has 2 aliphatic rings. The fraction of sp³-hybridized carbons (Fsp3) is 0.680. The van der Waals surface area contributed by atoms with Crippen molar-refractivity contribution < 1.29 is 23.8 Å². The van der Waals surface area contributed by atoms with Crippen LogP contribution in [0.15, 0.2) is 30.3 Å². The summed E-state index contributed by atoms with van der Waals surface area (Å²) in [7, 11) is 0. The van der Waals surface area contributed by atoms with E-state index in [0.29, 0.717) is 18.6 Å². The first kappa shape index (κ1) is 23.0. The van der Waals surface area contributed by atoms with E-state index in [1.807, 2.05) is 18.2 Å². The van der Waals surface area contributed by atoms with E-state index < -0.39 is 0 Å². The van der Waals surface area contributed by atoms with Gasteiger partial charge in [-0.3, -0.25) is 0 Å². The summed E-state index contributed by atoms with van der Waals surface area (Å²) >= 11 is 0. The Kier molecular flexibility index (Phi) is 9.34. The lowest BCUT2D eigenvalue weighted by atomic mass is 9.89. The van der Waals surface area contributed by atoms with Gasteiger partial charge in [-0.1, -0.05) is 57.2 Å². The predicted octanol–water partition coefficient (Wildman–Crippen LogP) is 5.32. The van der Waals surface area contributed by atoms with Crippen LogP contribution in [0.25, 0.3) is 0 Å². The molecule has 5 atom stereocenters. The van der Waals surface area contributed by atoms with Crippen molar-refractivity contribution in [3.8, 4) is 0 Å². The number of carbonyl (C=O) groups is 2. The van der Waals surface area contributed by atoms with Crippen LogP contribution in [0, 0.1) is 11.8 Å². The summed E-state index contributed by atoms with van der Waals surface area (Å²) in [5.41, 5.74) is 0.543. The molecule has 1 heterocycles. The number of hydrogen-bond acceptors (Lipinski definition) is 5. The van der Waals surface area contributed by atoms with Crippen LogP contribution in [-0.4, -0.2) is 37.4 Å². The molecule has 0 bridgehead atoms. The van der Waals surface area contributed by atoms with Gasteiger partial charge in [-0.25, -0.2) is 4.79 Å². The van der Waals surface area contributed by atoms with Crippen molar-refractivity contribution >= 4 is 12.3 Å². The maximum Gasteiger partial charge on any atom is 0.338 e. The molecule has 1 unspecified atom stereocenters. The molecule has 1 aliphatic carbocycles. The number of carbonyl (C=O) groups excluding carboxylic acids is 2. The zero-order chi connectivity index (χ0) is 21.2. The Hall–Kier alpha value is -1.72. The molecule has 1 saturated heterocycles. The molecule has 0 radical (unpaired) electrons. The van der Waals surface area contributed by atoms with E-state index in [9.17, 15) is 9.59 Å². The van der Waals surface area contributed by atoms with Crippen LogP contribution >= 0.6 is 0 Å². The minimum atomic E-state index is -0.323. The van der Waals surface area contributed by atoms with Crippen LogP contribution in [0.2, 0.25) is 0 Å². The highest BCUT2D eigenvalue weighted by atomic mass is 16.7. The maximum absolute atomic E-state index is 12.7. The molecule has 0 amide bonds. The average Bonchev–Trinajstić information content (AvgIpc) is 3.10. The van der Waals surface area contributed by atoms with Gasteiger partial charge in [-0.15, -0.1) is 0 Å². The standard InChI is InChI=1S/C25H36O5/c1-2-3-4-5-9-14-20-21(18-26)23(29-24-15-10-11-16-28-24)17-22(20)30-25(27)19-12-7-6-8-13-19/h6-8,12-13,18,20-24H,2-5,9-11,14-17H2,1H3/t20-,21+,22+,23-,24?/m1/s1. The summed E-state index contributed by atoms with van der Waals surface area (Å²) in [6.45, 7) is 2.91. The molecule has 3 rings (SSSR count). The largest absolute Gasteiger partial charge is 0.458 e.